The van der Waals surface area contributed by atoms with Gasteiger partial charge in [-0.3, -0.25) is 28.7 Å². The topological polar surface area (TPSA) is 143 Å². The Morgan fingerprint density at radius 1 is 1.08 bits per heavy atom. The first-order valence-electron chi connectivity index (χ1n) is 10.9. The number of amides is 4. The molecule has 1 saturated heterocycles. The standard InChI is InChI=1S/C20H24F6N4O6/c21-19(22,23)9-29-18(35)17(34)28-7-12(5-10-1-2-10)16(33)30-13(6-11-3-4-27-15(11)32)14(31)8-36-20(24,25)26/h7,10-13H,1-6,8-9H2,(H,27,32)(H,29,35)(H,30,33)/b28-7+/t11-,12?,13-/m0/s1. The molecule has 1 aliphatic heterocycles. The lowest BCUT2D eigenvalue weighted by molar-refractivity contribution is -0.321. The Hall–Kier alpha value is -3.04. The van der Waals surface area contributed by atoms with Crippen LogP contribution in [0.1, 0.15) is 32.1 Å². The highest BCUT2D eigenvalue weighted by Gasteiger charge is 2.37. The number of nitrogens with one attached hydrogen (secondary N) is 3. The van der Waals surface area contributed by atoms with Gasteiger partial charge in [-0.25, -0.2) is 4.99 Å². The summed E-state index contributed by atoms with van der Waals surface area (Å²) in [5, 5.41) is 6.10. The number of Topliss-reactive ketones (excluding diaryl/α,β-unsaturated/α-hetero) is 1. The predicted octanol–water partition coefficient (Wildman–Crippen LogP) is 0.795. The smallest absolute Gasteiger partial charge is 0.356 e. The number of ether oxygens (including phenoxy) is 1. The van der Waals surface area contributed by atoms with Gasteiger partial charge in [0.25, 0.3) is 0 Å². The maximum Gasteiger partial charge on any atom is 0.522 e. The molecule has 0 aromatic carbocycles. The van der Waals surface area contributed by atoms with E-state index in [0.717, 1.165) is 19.1 Å². The summed E-state index contributed by atoms with van der Waals surface area (Å²) < 4.78 is 77.2. The highest BCUT2D eigenvalue weighted by atomic mass is 19.4. The van der Waals surface area contributed by atoms with Crippen molar-refractivity contribution in [2.45, 2.75) is 50.7 Å². The Morgan fingerprint density at radius 2 is 1.75 bits per heavy atom. The molecular formula is C20H24F6N4O6. The first kappa shape index (κ1) is 29.2. The van der Waals surface area contributed by atoms with Gasteiger partial charge < -0.3 is 16.0 Å². The van der Waals surface area contributed by atoms with E-state index in [1.54, 1.807) is 0 Å². The fourth-order valence-corrected chi connectivity index (χ4v) is 3.38. The van der Waals surface area contributed by atoms with Crippen LogP contribution in [0.2, 0.25) is 0 Å². The molecule has 10 nitrogen and oxygen atoms in total. The molecule has 36 heavy (non-hydrogen) atoms. The monoisotopic (exact) mass is 530 g/mol. The van der Waals surface area contributed by atoms with E-state index in [0.29, 0.717) is 0 Å². The fraction of sp³-hybridized carbons (Fsp3) is 0.700. The van der Waals surface area contributed by atoms with Crippen molar-refractivity contribution in [1.82, 2.24) is 16.0 Å². The number of aliphatic imine (C=N–C) groups is 1. The minimum Gasteiger partial charge on any atom is -0.356 e. The number of nitrogens with zero attached hydrogens (tertiary/aromatic N) is 1. The number of carbonyl (C=O) groups is 5. The van der Waals surface area contributed by atoms with E-state index in [1.165, 1.54) is 5.32 Å². The number of ketones is 1. The molecule has 3 N–H and O–H groups in total. The molecule has 1 heterocycles. The quantitative estimate of drug-likeness (QED) is 0.205. The van der Waals surface area contributed by atoms with Crippen LogP contribution < -0.4 is 16.0 Å². The highest BCUT2D eigenvalue weighted by molar-refractivity contribution is 6.36. The van der Waals surface area contributed by atoms with Crippen molar-refractivity contribution in [2.75, 3.05) is 19.7 Å². The molecule has 0 radical (unpaired) electrons. The summed E-state index contributed by atoms with van der Waals surface area (Å²) in [4.78, 5) is 63.5. The van der Waals surface area contributed by atoms with Gasteiger partial charge in [-0.2, -0.15) is 13.2 Å². The van der Waals surface area contributed by atoms with Gasteiger partial charge in [-0.05, 0) is 25.2 Å². The zero-order valence-corrected chi connectivity index (χ0v) is 18.7. The van der Waals surface area contributed by atoms with Gasteiger partial charge in [-0.15, -0.1) is 13.2 Å². The van der Waals surface area contributed by atoms with E-state index in [1.807, 2.05) is 0 Å². The zero-order valence-electron chi connectivity index (χ0n) is 18.7. The van der Waals surface area contributed by atoms with Crippen molar-refractivity contribution in [1.29, 1.82) is 0 Å². The van der Waals surface area contributed by atoms with E-state index < -0.39 is 73.0 Å². The number of rotatable bonds is 11. The van der Waals surface area contributed by atoms with Gasteiger partial charge in [0, 0.05) is 18.7 Å². The summed E-state index contributed by atoms with van der Waals surface area (Å²) in [6, 6.07) is -1.53. The van der Waals surface area contributed by atoms with E-state index in [2.05, 4.69) is 20.4 Å². The summed E-state index contributed by atoms with van der Waals surface area (Å²) >= 11 is 0. The van der Waals surface area contributed by atoms with Crippen LogP contribution in [0, 0.1) is 17.8 Å². The van der Waals surface area contributed by atoms with Crippen LogP contribution in [0.15, 0.2) is 4.99 Å². The Kier molecular flexibility index (Phi) is 9.95. The molecule has 0 bridgehead atoms. The fourth-order valence-electron chi connectivity index (χ4n) is 3.38. The number of hydrogen-bond acceptors (Lipinski definition) is 6. The average Bonchev–Trinajstić information content (AvgIpc) is 3.51. The summed E-state index contributed by atoms with van der Waals surface area (Å²) in [5.41, 5.74) is 0. The molecule has 0 spiro atoms. The molecule has 4 amide bonds. The molecule has 16 heteroatoms. The third-order valence-corrected chi connectivity index (χ3v) is 5.40. The molecule has 3 atom stereocenters. The number of alkyl halides is 6. The van der Waals surface area contributed by atoms with Crippen molar-refractivity contribution in [3.05, 3.63) is 0 Å². The molecule has 1 unspecified atom stereocenters. The maximum atomic E-state index is 12.8. The minimum atomic E-state index is -5.11. The molecule has 2 fully saturated rings. The molecule has 202 valence electrons. The van der Waals surface area contributed by atoms with Crippen LogP contribution in [0.3, 0.4) is 0 Å². The summed E-state index contributed by atoms with van der Waals surface area (Å²) in [5.74, 6) is -7.69. The second-order valence-corrected chi connectivity index (χ2v) is 8.44. The number of hydrogen-bond donors (Lipinski definition) is 3. The van der Waals surface area contributed by atoms with Crippen LogP contribution in [0.5, 0.6) is 0 Å². The van der Waals surface area contributed by atoms with Gasteiger partial charge in [0.15, 0.2) is 5.78 Å². The van der Waals surface area contributed by atoms with Crippen molar-refractivity contribution >= 4 is 35.6 Å². The van der Waals surface area contributed by atoms with E-state index in [-0.39, 0.29) is 31.7 Å². The van der Waals surface area contributed by atoms with Crippen LogP contribution in [0.4, 0.5) is 26.3 Å². The molecule has 1 aliphatic carbocycles. The van der Waals surface area contributed by atoms with E-state index in [4.69, 9.17) is 0 Å². The second-order valence-electron chi connectivity index (χ2n) is 8.44. The Bertz CT molecular complexity index is 887. The second kappa shape index (κ2) is 12.3. The molecule has 1 saturated carbocycles. The largest absolute Gasteiger partial charge is 0.522 e. The first-order valence-corrected chi connectivity index (χ1v) is 10.9. The Balaban J connectivity index is 2.09. The highest BCUT2D eigenvalue weighted by Crippen LogP contribution is 2.35. The lowest BCUT2D eigenvalue weighted by Gasteiger charge is -2.22. The van der Waals surface area contributed by atoms with Gasteiger partial charge in [0.1, 0.15) is 13.2 Å². The third kappa shape index (κ3) is 10.7. The first-order chi connectivity index (χ1) is 16.6. The van der Waals surface area contributed by atoms with Crippen LogP contribution in [0.25, 0.3) is 0 Å². The molecule has 0 aromatic heterocycles. The van der Waals surface area contributed by atoms with Crippen molar-refractivity contribution in [3.63, 3.8) is 0 Å². The van der Waals surface area contributed by atoms with Gasteiger partial charge in [0.05, 0.1) is 12.0 Å². The van der Waals surface area contributed by atoms with Crippen molar-refractivity contribution < 1.29 is 55.1 Å². The van der Waals surface area contributed by atoms with Crippen LogP contribution in [-0.2, 0) is 28.7 Å². The zero-order chi connectivity index (χ0) is 27.1. The number of carbonyl (C=O) groups excluding carboxylic acids is 5. The summed E-state index contributed by atoms with van der Waals surface area (Å²) in [6.45, 7) is -2.90. The average molecular weight is 530 g/mol. The van der Waals surface area contributed by atoms with E-state index in [9.17, 15) is 50.3 Å². The lowest BCUT2D eigenvalue weighted by atomic mass is 9.94. The van der Waals surface area contributed by atoms with E-state index >= 15 is 0 Å². The molecular weight excluding hydrogens is 506 g/mol. The lowest BCUT2D eigenvalue weighted by Crippen LogP contribution is -2.47. The van der Waals surface area contributed by atoms with Gasteiger partial charge >= 0.3 is 24.4 Å². The number of halogens is 6. The van der Waals surface area contributed by atoms with Gasteiger partial charge in [0.2, 0.25) is 11.8 Å². The molecule has 2 aliphatic rings. The Labute approximate surface area is 200 Å². The SMILES string of the molecule is O=C(/N=C/C(CC1CC1)C(=O)N[C@@H](C[C@@H]1CCNC1=O)C(=O)COC(F)(F)F)C(=O)NCC(F)(F)F. The van der Waals surface area contributed by atoms with Crippen LogP contribution in [-0.4, -0.2) is 73.9 Å². The normalized spacial score (nSPS) is 20.1. The summed E-state index contributed by atoms with van der Waals surface area (Å²) in [7, 11) is 0. The maximum absolute atomic E-state index is 12.8. The third-order valence-electron chi connectivity index (χ3n) is 5.40. The van der Waals surface area contributed by atoms with Crippen LogP contribution >= 0.6 is 0 Å². The predicted molar refractivity (Wildman–Crippen MR) is 108 cm³/mol. The van der Waals surface area contributed by atoms with Crippen molar-refractivity contribution in [3.8, 4) is 0 Å². The minimum absolute atomic E-state index is 0.0321. The summed E-state index contributed by atoms with van der Waals surface area (Å²) in [6.07, 6.45) is -7.58. The molecule has 2 rings (SSSR count). The van der Waals surface area contributed by atoms with Gasteiger partial charge in [-0.1, -0.05) is 12.8 Å². The van der Waals surface area contributed by atoms with Crippen molar-refractivity contribution in [2.24, 2.45) is 22.7 Å². The Morgan fingerprint density at radius 3 is 2.28 bits per heavy atom. The molecule has 0 aromatic rings.